The Balaban J connectivity index is 2.13. The highest BCUT2D eigenvalue weighted by atomic mass is 15.2. The smallest absolute Gasteiger partial charge is 0.152 e. The summed E-state index contributed by atoms with van der Waals surface area (Å²) in [5.41, 5.74) is 1.17. The van der Waals surface area contributed by atoms with Crippen molar-refractivity contribution in [2.75, 3.05) is 36.4 Å². The highest BCUT2D eigenvalue weighted by Gasteiger charge is 2.16. The number of piperazine rings is 1. The third-order valence-electron chi connectivity index (χ3n) is 3.55. The fraction of sp³-hybridized carbons (Fsp3) is 0.643. The molecule has 0 aromatic carbocycles. The minimum Gasteiger partial charge on any atom is -0.379 e. The van der Waals surface area contributed by atoms with Gasteiger partial charge in [-0.25, -0.2) is 4.98 Å². The van der Waals surface area contributed by atoms with Crippen molar-refractivity contribution in [2.45, 2.75) is 32.7 Å². The van der Waals surface area contributed by atoms with E-state index in [-0.39, 0.29) is 0 Å². The van der Waals surface area contributed by atoms with E-state index in [1.165, 1.54) is 5.69 Å². The van der Waals surface area contributed by atoms with Crippen molar-refractivity contribution in [3.05, 3.63) is 18.3 Å². The Labute approximate surface area is 110 Å². The molecule has 0 bridgehead atoms. The Morgan fingerprint density at radius 3 is 2.72 bits per heavy atom. The fourth-order valence-electron chi connectivity index (χ4n) is 2.35. The molecule has 0 aliphatic carbocycles. The summed E-state index contributed by atoms with van der Waals surface area (Å²) in [7, 11) is 0. The van der Waals surface area contributed by atoms with Crippen LogP contribution in [0.1, 0.15) is 26.7 Å². The second kappa shape index (κ2) is 6.59. The van der Waals surface area contributed by atoms with Gasteiger partial charge in [-0.2, -0.15) is 0 Å². The number of hydrogen-bond acceptors (Lipinski definition) is 4. The van der Waals surface area contributed by atoms with Crippen LogP contribution >= 0.6 is 0 Å². The van der Waals surface area contributed by atoms with Crippen LogP contribution in [0.4, 0.5) is 11.5 Å². The van der Waals surface area contributed by atoms with Gasteiger partial charge in [0.25, 0.3) is 0 Å². The summed E-state index contributed by atoms with van der Waals surface area (Å²) in [5, 5.41) is 7.00. The predicted octanol–water partition coefficient (Wildman–Crippen LogP) is 2.09. The Morgan fingerprint density at radius 2 is 2.06 bits per heavy atom. The summed E-state index contributed by atoms with van der Waals surface area (Å²) >= 11 is 0. The number of nitrogens with zero attached hydrogens (tertiary/aromatic N) is 2. The Kier molecular flexibility index (Phi) is 4.81. The largest absolute Gasteiger partial charge is 0.379 e. The molecule has 0 radical (unpaired) electrons. The standard InChI is InChI=1S/C14H24N4/c1-3-12(4-2)17-13-6-5-7-16-14(13)18-10-8-15-9-11-18/h5-7,12,15,17H,3-4,8-11H2,1-2H3. The number of hydrogen-bond donors (Lipinski definition) is 2. The van der Waals surface area contributed by atoms with Gasteiger partial charge in [-0.1, -0.05) is 13.8 Å². The van der Waals surface area contributed by atoms with E-state index in [2.05, 4.69) is 40.4 Å². The summed E-state index contributed by atoms with van der Waals surface area (Å²) in [4.78, 5) is 6.92. The molecular formula is C14H24N4. The highest BCUT2D eigenvalue weighted by molar-refractivity contribution is 5.66. The van der Waals surface area contributed by atoms with Crippen molar-refractivity contribution in [1.29, 1.82) is 0 Å². The van der Waals surface area contributed by atoms with Gasteiger partial charge in [0, 0.05) is 38.4 Å². The summed E-state index contributed by atoms with van der Waals surface area (Å²) in [6.45, 7) is 8.61. The Morgan fingerprint density at radius 1 is 1.33 bits per heavy atom. The first-order valence-electron chi connectivity index (χ1n) is 7.02. The lowest BCUT2D eigenvalue weighted by atomic mass is 10.1. The van der Waals surface area contributed by atoms with E-state index >= 15 is 0 Å². The molecular weight excluding hydrogens is 224 g/mol. The molecule has 0 amide bonds. The topological polar surface area (TPSA) is 40.2 Å². The normalized spacial score (nSPS) is 16.1. The number of rotatable bonds is 5. The van der Waals surface area contributed by atoms with Gasteiger partial charge in [0.15, 0.2) is 5.82 Å². The van der Waals surface area contributed by atoms with Crippen LogP contribution in [0, 0.1) is 0 Å². The van der Waals surface area contributed by atoms with E-state index in [1.54, 1.807) is 0 Å². The minimum atomic E-state index is 0.538. The third-order valence-corrected chi connectivity index (χ3v) is 3.55. The van der Waals surface area contributed by atoms with Crippen molar-refractivity contribution >= 4 is 11.5 Å². The molecule has 0 unspecified atom stereocenters. The van der Waals surface area contributed by atoms with Gasteiger partial charge in [0.1, 0.15) is 0 Å². The van der Waals surface area contributed by atoms with Crippen LogP contribution in [0.5, 0.6) is 0 Å². The van der Waals surface area contributed by atoms with Crippen LogP contribution in [0.2, 0.25) is 0 Å². The van der Waals surface area contributed by atoms with E-state index in [1.807, 2.05) is 12.3 Å². The van der Waals surface area contributed by atoms with E-state index in [0.717, 1.165) is 44.8 Å². The Hall–Kier alpha value is -1.29. The zero-order valence-electron chi connectivity index (χ0n) is 11.4. The summed E-state index contributed by atoms with van der Waals surface area (Å²) < 4.78 is 0. The molecule has 0 saturated carbocycles. The molecule has 2 N–H and O–H groups in total. The lowest BCUT2D eigenvalue weighted by Gasteiger charge is -2.30. The van der Waals surface area contributed by atoms with E-state index in [9.17, 15) is 0 Å². The average molecular weight is 248 g/mol. The van der Waals surface area contributed by atoms with Crippen LogP contribution in [0.15, 0.2) is 18.3 Å². The maximum Gasteiger partial charge on any atom is 0.152 e. The lowest BCUT2D eigenvalue weighted by molar-refractivity contribution is 0.584. The second-order valence-corrected chi connectivity index (χ2v) is 4.77. The van der Waals surface area contributed by atoms with Gasteiger partial charge >= 0.3 is 0 Å². The second-order valence-electron chi connectivity index (χ2n) is 4.77. The van der Waals surface area contributed by atoms with Crippen LogP contribution < -0.4 is 15.5 Å². The molecule has 4 heteroatoms. The van der Waals surface area contributed by atoms with Crippen molar-refractivity contribution in [3.63, 3.8) is 0 Å². The zero-order valence-corrected chi connectivity index (χ0v) is 11.4. The zero-order chi connectivity index (χ0) is 12.8. The number of pyridine rings is 1. The van der Waals surface area contributed by atoms with E-state index < -0.39 is 0 Å². The predicted molar refractivity (Wildman–Crippen MR) is 77.3 cm³/mol. The third kappa shape index (κ3) is 3.13. The maximum absolute atomic E-state index is 4.56. The first-order valence-corrected chi connectivity index (χ1v) is 7.02. The van der Waals surface area contributed by atoms with E-state index in [0.29, 0.717) is 6.04 Å². The first-order chi connectivity index (χ1) is 8.85. The van der Waals surface area contributed by atoms with Crippen molar-refractivity contribution in [2.24, 2.45) is 0 Å². The van der Waals surface area contributed by atoms with Gasteiger partial charge in [0.05, 0.1) is 5.69 Å². The number of anilines is 2. The molecule has 1 aromatic rings. The SMILES string of the molecule is CCC(CC)Nc1cccnc1N1CCNCC1. The van der Waals surface area contributed by atoms with Crippen LogP contribution in [0.25, 0.3) is 0 Å². The molecule has 0 atom stereocenters. The van der Waals surface area contributed by atoms with Crippen LogP contribution in [0.3, 0.4) is 0 Å². The molecule has 18 heavy (non-hydrogen) atoms. The monoisotopic (exact) mass is 248 g/mol. The molecule has 2 rings (SSSR count). The first kappa shape index (κ1) is 13.1. The molecule has 0 spiro atoms. The van der Waals surface area contributed by atoms with Gasteiger partial charge in [0.2, 0.25) is 0 Å². The molecule has 1 fully saturated rings. The molecule has 2 heterocycles. The lowest BCUT2D eigenvalue weighted by Crippen LogP contribution is -2.44. The number of aromatic nitrogens is 1. The molecule has 1 aliphatic heterocycles. The summed E-state index contributed by atoms with van der Waals surface area (Å²) in [6.07, 6.45) is 4.17. The summed E-state index contributed by atoms with van der Waals surface area (Å²) in [6, 6.07) is 4.69. The van der Waals surface area contributed by atoms with Crippen molar-refractivity contribution < 1.29 is 0 Å². The fourth-order valence-corrected chi connectivity index (χ4v) is 2.35. The average Bonchev–Trinajstić information content (AvgIpc) is 2.46. The van der Waals surface area contributed by atoms with Gasteiger partial charge in [-0.15, -0.1) is 0 Å². The highest BCUT2D eigenvalue weighted by Crippen LogP contribution is 2.24. The Bertz CT molecular complexity index is 357. The molecule has 1 aliphatic rings. The van der Waals surface area contributed by atoms with Crippen molar-refractivity contribution in [1.82, 2.24) is 10.3 Å². The van der Waals surface area contributed by atoms with Crippen LogP contribution in [-0.4, -0.2) is 37.2 Å². The van der Waals surface area contributed by atoms with Gasteiger partial charge in [-0.3, -0.25) is 0 Å². The minimum absolute atomic E-state index is 0.538. The van der Waals surface area contributed by atoms with Crippen molar-refractivity contribution in [3.8, 4) is 0 Å². The molecule has 1 aromatic heterocycles. The van der Waals surface area contributed by atoms with Gasteiger partial charge < -0.3 is 15.5 Å². The molecule has 1 saturated heterocycles. The van der Waals surface area contributed by atoms with Gasteiger partial charge in [-0.05, 0) is 25.0 Å². The number of nitrogens with one attached hydrogen (secondary N) is 2. The molecule has 4 nitrogen and oxygen atoms in total. The summed E-state index contributed by atoms with van der Waals surface area (Å²) in [5.74, 6) is 1.10. The maximum atomic E-state index is 4.56. The molecule has 100 valence electrons. The van der Waals surface area contributed by atoms with E-state index in [4.69, 9.17) is 0 Å². The quantitative estimate of drug-likeness (QED) is 0.837. The van der Waals surface area contributed by atoms with Crippen LogP contribution in [-0.2, 0) is 0 Å².